The van der Waals surface area contributed by atoms with Crippen LogP contribution >= 0.6 is 11.3 Å². The van der Waals surface area contributed by atoms with Crippen LogP contribution in [0.25, 0.3) is 0 Å². The summed E-state index contributed by atoms with van der Waals surface area (Å²) in [4.78, 5) is 16.9. The number of nitrogens with zero attached hydrogens (tertiary/aromatic N) is 1. The molecule has 1 aromatic heterocycles. The zero-order valence-electron chi connectivity index (χ0n) is 9.45. The molecule has 1 unspecified atom stereocenters. The van der Waals surface area contributed by atoms with Gasteiger partial charge in [-0.05, 0) is 19.8 Å². The van der Waals surface area contributed by atoms with E-state index in [0.717, 1.165) is 30.9 Å². The molecule has 0 bridgehead atoms. The number of hydrogen-bond donors (Lipinski definition) is 2. The Balaban J connectivity index is 1.82. The fourth-order valence-electron chi connectivity index (χ4n) is 1.86. The van der Waals surface area contributed by atoms with E-state index >= 15 is 0 Å². The van der Waals surface area contributed by atoms with Gasteiger partial charge < -0.3 is 10.6 Å². The predicted molar refractivity (Wildman–Crippen MR) is 64.3 cm³/mol. The summed E-state index contributed by atoms with van der Waals surface area (Å²) >= 11 is 1.71. The molecule has 5 heteroatoms. The molecule has 0 spiro atoms. The molecule has 2 rings (SSSR count). The quantitative estimate of drug-likeness (QED) is 0.833. The third-order valence-electron chi connectivity index (χ3n) is 2.69. The Morgan fingerprint density at radius 2 is 2.56 bits per heavy atom. The second-order valence-electron chi connectivity index (χ2n) is 4.14. The molecule has 2 N–H and O–H groups in total. The van der Waals surface area contributed by atoms with E-state index in [1.165, 1.54) is 4.88 Å². The fourth-order valence-corrected chi connectivity index (χ4v) is 2.60. The van der Waals surface area contributed by atoms with E-state index in [9.17, 15) is 4.79 Å². The van der Waals surface area contributed by atoms with Crippen molar-refractivity contribution in [1.29, 1.82) is 0 Å². The average molecular weight is 239 g/mol. The van der Waals surface area contributed by atoms with E-state index in [1.54, 1.807) is 11.3 Å². The summed E-state index contributed by atoms with van der Waals surface area (Å²) < 4.78 is 0. The van der Waals surface area contributed by atoms with Crippen molar-refractivity contribution in [2.75, 3.05) is 6.54 Å². The molecule has 1 amide bonds. The summed E-state index contributed by atoms with van der Waals surface area (Å²) in [6.07, 6.45) is 4.59. The van der Waals surface area contributed by atoms with Crippen LogP contribution in [0.1, 0.15) is 29.1 Å². The Labute approximate surface area is 99.5 Å². The molecule has 0 saturated carbocycles. The van der Waals surface area contributed by atoms with Gasteiger partial charge in [-0.25, -0.2) is 4.98 Å². The molecule has 1 aliphatic rings. The van der Waals surface area contributed by atoms with Crippen LogP contribution in [0.3, 0.4) is 0 Å². The van der Waals surface area contributed by atoms with Gasteiger partial charge in [-0.3, -0.25) is 4.79 Å². The zero-order valence-corrected chi connectivity index (χ0v) is 10.3. The monoisotopic (exact) mass is 239 g/mol. The molecule has 1 saturated heterocycles. The molecule has 1 atom stereocenters. The molecule has 1 aromatic rings. The van der Waals surface area contributed by atoms with Crippen LogP contribution in [-0.2, 0) is 11.3 Å². The van der Waals surface area contributed by atoms with Gasteiger partial charge in [0.2, 0.25) is 5.91 Å². The van der Waals surface area contributed by atoms with E-state index < -0.39 is 0 Å². The molecule has 0 aliphatic carbocycles. The van der Waals surface area contributed by atoms with Crippen molar-refractivity contribution in [2.24, 2.45) is 0 Å². The highest BCUT2D eigenvalue weighted by Crippen LogP contribution is 2.12. The maximum atomic E-state index is 11.3. The molecular weight excluding hydrogens is 222 g/mol. The smallest absolute Gasteiger partial charge is 0.221 e. The number of amides is 1. The van der Waals surface area contributed by atoms with Gasteiger partial charge in [-0.15, -0.1) is 11.3 Å². The van der Waals surface area contributed by atoms with Crippen molar-refractivity contribution in [3.05, 3.63) is 16.1 Å². The lowest BCUT2D eigenvalue weighted by Crippen LogP contribution is -2.32. The summed E-state index contributed by atoms with van der Waals surface area (Å²) in [6, 6.07) is 0.298. The number of rotatable bonds is 3. The predicted octanol–water partition coefficient (Wildman–Crippen LogP) is 1.21. The summed E-state index contributed by atoms with van der Waals surface area (Å²) in [5.41, 5.74) is 0. The molecular formula is C11H17N3OS. The Kier molecular flexibility index (Phi) is 3.90. The Morgan fingerprint density at radius 1 is 1.69 bits per heavy atom. The highest BCUT2D eigenvalue weighted by atomic mass is 32.1. The van der Waals surface area contributed by atoms with Gasteiger partial charge in [-0.2, -0.15) is 0 Å². The Bertz CT molecular complexity index is 364. The highest BCUT2D eigenvalue weighted by molar-refractivity contribution is 7.11. The molecule has 16 heavy (non-hydrogen) atoms. The van der Waals surface area contributed by atoms with Crippen molar-refractivity contribution in [2.45, 2.75) is 38.8 Å². The first-order chi connectivity index (χ1) is 7.74. The lowest BCUT2D eigenvalue weighted by atomic mass is 10.1. The van der Waals surface area contributed by atoms with Crippen LogP contribution in [0.2, 0.25) is 0 Å². The minimum Gasteiger partial charge on any atom is -0.356 e. The first-order valence-electron chi connectivity index (χ1n) is 5.65. The summed E-state index contributed by atoms with van der Waals surface area (Å²) in [5.74, 6) is 0.158. The van der Waals surface area contributed by atoms with Gasteiger partial charge >= 0.3 is 0 Å². The number of aromatic nitrogens is 1. The topological polar surface area (TPSA) is 54.0 Å². The van der Waals surface area contributed by atoms with E-state index in [2.05, 4.69) is 22.5 Å². The summed E-state index contributed by atoms with van der Waals surface area (Å²) in [6.45, 7) is 3.64. The van der Waals surface area contributed by atoms with Gasteiger partial charge in [0, 0.05) is 36.6 Å². The SMILES string of the molecule is Cc1cnc(CNC2CCCNC(=O)C2)s1. The third kappa shape index (κ3) is 3.28. The van der Waals surface area contributed by atoms with Gasteiger partial charge in [0.25, 0.3) is 0 Å². The molecule has 0 radical (unpaired) electrons. The number of carbonyl (C=O) groups excluding carboxylic acids is 1. The maximum Gasteiger partial charge on any atom is 0.221 e. The van der Waals surface area contributed by atoms with Crippen molar-refractivity contribution in [3.8, 4) is 0 Å². The number of hydrogen-bond acceptors (Lipinski definition) is 4. The zero-order chi connectivity index (χ0) is 11.4. The number of carbonyl (C=O) groups is 1. The van der Waals surface area contributed by atoms with Gasteiger partial charge in [0.1, 0.15) is 5.01 Å². The third-order valence-corrected chi connectivity index (χ3v) is 3.61. The van der Waals surface area contributed by atoms with E-state index in [4.69, 9.17) is 0 Å². The van der Waals surface area contributed by atoms with Gasteiger partial charge in [0.15, 0.2) is 0 Å². The van der Waals surface area contributed by atoms with Crippen molar-refractivity contribution in [1.82, 2.24) is 15.6 Å². The largest absolute Gasteiger partial charge is 0.356 e. The molecule has 4 nitrogen and oxygen atoms in total. The van der Waals surface area contributed by atoms with Gasteiger partial charge in [0.05, 0.1) is 0 Å². The lowest BCUT2D eigenvalue weighted by Gasteiger charge is -2.13. The fraction of sp³-hybridized carbons (Fsp3) is 0.636. The normalized spacial score (nSPS) is 21.6. The average Bonchev–Trinajstić information content (AvgIpc) is 2.55. The van der Waals surface area contributed by atoms with Crippen LogP contribution in [0, 0.1) is 6.92 Å². The van der Waals surface area contributed by atoms with Crippen LogP contribution in [-0.4, -0.2) is 23.5 Å². The lowest BCUT2D eigenvalue weighted by molar-refractivity contribution is -0.121. The highest BCUT2D eigenvalue weighted by Gasteiger charge is 2.16. The number of nitrogens with one attached hydrogen (secondary N) is 2. The second-order valence-corrected chi connectivity index (χ2v) is 5.46. The second kappa shape index (κ2) is 5.41. The van der Waals surface area contributed by atoms with Crippen molar-refractivity contribution < 1.29 is 4.79 Å². The molecule has 1 fully saturated rings. The minimum absolute atomic E-state index is 0.158. The van der Waals surface area contributed by atoms with Crippen molar-refractivity contribution >= 4 is 17.2 Å². The van der Waals surface area contributed by atoms with Crippen LogP contribution < -0.4 is 10.6 Å². The first kappa shape index (κ1) is 11.5. The molecule has 2 heterocycles. The molecule has 0 aromatic carbocycles. The van der Waals surface area contributed by atoms with E-state index in [0.29, 0.717) is 12.5 Å². The standard InChI is InChI=1S/C11H17N3OS/c1-8-6-14-11(16-8)7-13-9-3-2-4-12-10(15)5-9/h6,9,13H,2-5,7H2,1H3,(H,12,15). The van der Waals surface area contributed by atoms with Gasteiger partial charge in [-0.1, -0.05) is 0 Å². The minimum atomic E-state index is 0.158. The molecule has 88 valence electrons. The summed E-state index contributed by atoms with van der Waals surface area (Å²) in [7, 11) is 0. The number of aryl methyl sites for hydroxylation is 1. The molecule has 1 aliphatic heterocycles. The van der Waals surface area contributed by atoms with Crippen LogP contribution in [0.4, 0.5) is 0 Å². The number of thiazole rings is 1. The first-order valence-corrected chi connectivity index (χ1v) is 6.47. The van der Waals surface area contributed by atoms with E-state index in [-0.39, 0.29) is 5.91 Å². The summed E-state index contributed by atoms with van der Waals surface area (Å²) in [5, 5.41) is 7.39. The van der Waals surface area contributed by atoms with Crippen LogP contribution in [0.15, 0.2) is 6.20 Å². The maximum absolute atomic E-state index is 11.3. The van der Waals surface area contributed by atoms with Crippen molar-refractivity contribution in [3.63, 3.8) is 0 Å². The van der Waals surface area contributed by atoms with Crippen LogP contribution in [0.5, 0.6) is 0 Å². The Morgan fingerprint density at radius 3 is 3.31 bits per heavy atom. The van der Waals surface area contributed by atoms with E-state index in [1.807, 2.05) is 6.20 Å². The Hall–Kier alpha value is -0.940.